The molecule has 0 spiro atoms. The summed E-state index contributed by atoms with van der Waals surface area (Å²) in [4.78, 5) is 12.1. The normalized spacial score (nSPS) is 11.1. The number of rotatable bonds is 4. The van der Waals surface area contributed by atoms with Gasteiger partial charge in [0.1, 0.15) is 0 Å². The van der Waals surface area contributed by atoms with Crippen molar-refractivity contribution in [3.63, 3.8) is 0 Å². The zero-order valence-corrected chi connectivity index (χ0v) is 12.4. The molecule has 106 valence electrons. The number of hydrogen-bond donors (Lipinski definition) is 2. The molecule has 0 saturated heterocycles. The van der Waals surface area contributed by atoms with Gasteiger partial charge in [0.2, 0.25) is 10.1 Å². The Hall–Kier alpha value is -2.00. The average Bonchev–Trinajstić information content (AvgIpc) is 2.87. The summed E-state index contributed by atoms with van der Waals surface area (Å²) in [5.41, 5.74) is 0.489. The minimum absolute atomic E-state index is 0.198. The Bertz CT molecular complexity index is 722. The molecule has 0 bridgehead atoms. The van der Waals surface area contributed by atoms with Gasteiger partial charge in [0.15, 0.2) is 9.84 Å². The van der Waals surface area contributed by atoms with Gasteiger partial charge in [-0.15, -0.1) is 10.2 Å². The van der Waals surface area contributed by atoms with E-state index in [4.69, 9.17) is 0 Å². The molecule has 0 atom stereocenters. The fourth-order valence-corrected chi connectivity index (χ4v) is 2.61. The van der Waals surface area contributed by atoms with Crippen molar-refractivity contribution >= 4 is 37.9 Å². The highest BCUT2D eigenvalue weighted by atomic mass is 32.2. The summed E-state index contributed by atoms with van der Waals surface area (Å²) in [6.07, 6.45) is 1.13. The molecule has 0 unspecified atom stereocenters. The Morgan fingerprint density at radius 2 is 1.85 bits per heavy atom. The Kier molecular flexibility index (Phi) is 4.00. The monoisotopic (exact) mass is 312 g/mol. The van der Waals surface area contributed by atoms with E-state index in [1.165, 1.54) is 24.3 Å². The summed E-state index contributed by atoms with van der Waals surface area (Å²) in [6.45, 7) is 0. The van der Waals surface area contributed by atoms with Crippen LogP contribution in [0.15, 0.2) is 29.2 Å². The van der Waals surface area contributed by atoms with Crippen molar-refractivity contribution in [2.75, 3.05) is 23.9 Å². The molecule has 1 aromatic carbocycles. The van der Waals surface area contributed by atoms with Gasteiger partial charge in [-0.3, -0.25) is 4.79 Å². The van der Waals surface area contributed by atoms with Crippen LogP contribution in [0.3, 0.4) is 0 Å². The van der Waals surface area contributed by atoms with Crippen molar-refractivity contribution in [3.8, 4) is 0 Å². The summed E-state index contributed by atoms with van der Waals surface area (Å²) in [5, 5.41) is 13.7. The van der Waals surface area contributed by atoms with Gasteiger partial charge in [-0.05, 0) is 24.3 Å². The number of nitrogens with zero attached hydrogens (tertiary/aromatic N) is 2. The van der Waals surface area contributed by atoms with Crippen molar-refractivity contribution in [1.29, 1.82) is 0 Å². The molecule has 0 saturated carbocycles. The van der Waals surface area contributed by atoms with Crippen LogP contribution in [0.2, 0.25) is 0 Å². The molecule has 2 rings (SSSR count). The third-order valence-corrected chi connectivity index (χ3v) is 4.44. The largest absolute Gasteiger partial charge is 0.363 e. The molecular formula is C11H12N4O3S2. The second-order valence-corrected chi connectivity index (χ2v) is 6.91. The lowest BCUT2D eigenvalue weighted by molar-refractivity contribution is 0.102. The van der Waals surface area contributed by atoms with Crippen LogP contribution < -0.4 is 10.6 Å². The summed E-state index contributed by atoms with van der Waals surface area (Å²) in [7, 11) is -1.55. The molecule has 0 fully saturated rings. The van der Waals surface area contributed by atoms with Gasteiger partial charge in [-0.1, -0.05) is 11.3 Å². The average molecular weight is 312 g/mol. The third kappa shape index (κ3) is 3.31. The first-order valence-electron chi connectivity index (χ1n) is 5.53. The lowest BCUT2D eigenvalue weighted by Crippen LogP contribution is -2.11. The van der Waals surface area contributed by atoms with Gasteiger partial charge in [-0.2, -0.15) is 0 Å². The van der Waals surface area contributed by atoms with Gasteiger partial charge in [0, 0.05) is 19.0 Å². The van der Waals surface area contributed by atoms with Crippen molar-refractivity contribution in [1.82, 2.24) is 10.2 Å². The molecule has 0 aliphatic carbocycles. The van der Waals surface area contributed by atoms with E-state index in [1.54, 1.807) is 7.05 Å². The number of aromatic nitrogens is 2. The van der Waals surface area contributed by atoms with E-state index in [0.29, 0.717) is 10.8 Å². The number of benzene rings is 1. The molecule has 1 aromatic heterocycles. The van der Waals surface area contributed by atoms with Crippen LogP contribution in [-0.2, 0) is 9.84 Å². The summed E-state index contributed by atoms with van der Waals surface area (Å²) in [6, 6.07) is 5.91. The first-order valence-corrected chi connectivity index (χ1v) is 8.23. The molecular weight excluding hydrogens is 300 g/mol. The first-order chi connectivity index (χ1) is 9.40. The molecule has 2 aromatic rings. The van der Waals surface area contributed by atoms with Crippen LogP contribution in [-0.4, -0.2) is 37.8 Å². The van der Waals surface area contributed by atoms with E-state index >= 15 is 0 Å². The summed E-state index contributed by atoms with van der Waals surface area (Å²) < 4.78 is 22.6. The third-order valence-electron chi connectivity index (χ3n) is 2.37. The van der Waals surface area contributed by atoms with Gasteiger partial charge < -0.3 is 10.6 Å². The van der Waals surface area contributed by atoms with Crippen LogP contribution in [0.5, 0.6) is 0 Å². The fraction of sp³-hybridized carbons (Fsp3) is 0.182. The van der Waals surface area contributed by atoms with E-state index in [1.807, 2.05) is 0 Å². The fourth-order valence-electron chi connectivity index (χ4n) is 1.39. The smallest absolute Gasteiger partial charge is 0.286 e. The second kappa shape index (κ2) is 5.55. The number of nitrogens with one attached hydrogen (secondary N) is 2. The number of carbonyl (C=O) groups excluding carboxylic acids is 1. The number of hydrogen-bond acceptors (Lipinski definition) is 7. The molecule has 0 aliphatic rings. The molecule has 1 heterocycles. The number of sulfone groups is 1. The van der Waals surface area contributed by atoms with E-state index in [0.717, 1.165) is 17.6 Å². The van der Waals surface area contributed by atoms with E-state index in [2.05, 4.69) is 20.8 Å². The van der Waals surface area contributed by atoms with E-state index < -0.39 is 15.7 Å². The predicted octanol–water partition coefficient (Wildman–Crippen LogP) is 1.24. The highest BCUT2D eigenvalue weighted by molar-refractivity contribution is 7.90. The molecule has 1 amide bonds. The molecule has 20 heavy (non-hydrogen) atoms. The SMILES string of the molecule is CNc1nnc(C(=O)Nc2ccc(S(C)(=O)=O)cc2)s1. The van der Waals surface area contributed by atoms with E-state index in [-0.39, 0.29) is 9.90 Å². The topological polar surface area (TPSA) is 101 Å². The highest BCUT2D eigenvalue weighted by Crippen LogP contribution is 2.17. The number of anilines is 2. The van der Waals surface area contributed by atoms with Crippen molar-refractivity contribution in [2.45, 2.75) is 4.90 Å². The zero-order chi connectivity index (χ0) is 14.8. The van der Waals surface area contributed by atoms with Gasteiger partial charge in [-0.25, -0.2) is 8.42 Å². The van der Waals surface area contributed by atoms with Crippen LogP contribution >= 0.6 is 11.3 Å². The highest BCUT2D eigenvalue weighted by Gasteiger charge is 2.13. The predicted molar refractivity (Wildman–Crippen MR) is 77.0 cm³/mol. The lowest BCUT2D eigenvalue weighted by Gasteiger charge is -2.03. The minimum Gasteiger partial charge on any atom is -0.363 e. The van der Waals surface area contributed by atoms with Crippen LogP contribution in [0, 0.1) is 0 Å². The van der Waals surface area contributed by atoms with Crippen molar-refractivity contribution in [3.05, 3.63) is 29.3 Å². The minimum atomic E-state index is -3.24. The maximum absolute atomic E-state index is 11.9. The molecule has 0 aliphatic heterocycles. The van der Waals surface area contributed by atoms with Crippen molar-refractivity contribution < 1.29 is 13.2 Å². The Morgan fingerprint density at radius 3 is 2.35 bits per heavy atom. The quantitative estimate of drug-likeness (QED) is 0.880. The molecule has 9 heteroatoms. The van der Waals surface area contributed by atoms with Crippen LogP contribution in [0.25, 0.3) is 0 Å². The van der Waals surface area contributed by atoms with Gasteiger partial charge in [0.05, 0.1) is 4.90 Å². The summed E-state index contributed by atoms with van der Waals surface area (Å²) >= 11 is 1.13. The van der Waals surface area contributed by atoms with Crippen LogP contribution in [0.1, 0.15) is 9.80 Å². The number of amides is 1. The Morgan fingerprint density at radius 1 is 1.20 bits per heavy atom. The standard InChI is InChI=1S/C11H12N4O3S2/c1-12-11-15-14-10(19-11)9(16)13-7-3-5-8(6-4-7)20(2,17)18/h3-6H,1-2H3,(H,12,15)(H,13,16). The summed E-state index contributed by atoms with van der Waals surface area (Å²) in [5.74, 6) is -0.392. The maximum atomic E-state index is 11.9. The molecule has 7 nitrogen and oxygen atoms in total. The Balaban J connectivity index is 2.12. The zero-order valence-electron chi connectivity index (χ0n) is 10.7. The van der Waals surface area contributed by atoms with Crippen LogP contribution in [0.4, 0.5) is 10.8 Å². The van der Waals surface area contributed by atoms with Crippen molar-refractivity contribution in [2.24, 2.45) is 0 Å². The second-order valence-electron chi connectivity index (χ2n) is 3.91. The van der Waals surface area contributed by atoms with Gasteiger partial charge in [0.25, 0.3) is 5.91 Å². The van der Waals surface area contributed by atoms with Gasteiger partial charge >= 0.3 is 0 Å². The first kappa shape index (κ1) is 14.4. The number of carbonyl (C=O) groups is 1. The molecule has 2 N–H and O–H groups in total. The Labute approximate surface area is 120 Å². The lowest BCUT2D eigenvalue weighted by atomic mass is 10.3. The molecule has 0 radical (unpaired) electrons. The van der Waals surface area contributed by atoms with E-state index in [9.17, 15) is 13.2 Å². The maximum Gasteiger partial charge on any atom is 0.286 e.